The first-order valence-electron chi connectivity index (χ1n) is 6.93. The lowest BCUT2D eigenvalue weighted by Crippen LogP contribution is -2.42. The van der Waals surface area contributed by atoms with Crippen LogP contribution in [0.25, 0.3) is 0 Å². The first kappa shape index (κ1) is 20.2. The van der Waals surface area contributed by atoms with Gasteiger partial charge in [-0.15, -0.1) is 0 Å². The highest BCUT2D eigenvalue weighted by molar-refractivity contribution is 9.10. The molecule has 0 aliphatic rings. The zero-order valence-corrected chi connectivity index (χ0v) is 16.7. The van der Waals surface area contributed by atoms with Crippen LogP contribution in [0.5, 0.6) is 0 Å². The molecule has 0 atom stereocenters. The minimum atomic E-state index is -3.92. The summed E-state index contributed by atoms with van der Waals surface area (Å²) in [6, 6.07) is 10.9. The number of amides is 1. The van der Waals surface area contributed by atoms with Crippen molar-refractivity contribution in [3.8, 4) is 0 Å². The summed E-state index contributed by atoms with van der Waals surface area (Å²) >= 11 is 15.1. The maximum Gasteiger partial charge on any atom is 0.249 e. The average molecular weight is 467 g/mol. The molecule has 0 saturated heterocycles. The van der Waals surface area contributed by atoms with Gasteiger partial charge in [0, 0.05) is 11.0 Å². The minimum Gasteiger partial charge on any atom is -0.293 e. The summed E-state index contributed by atoms with van der Waals surface area (Å²) in [6.45, 7) is -0.502. The van der Waals surface area contributed by atoms with Crippen molar-refractivity contribution in [2.75, 3.05) is 6.54 Å². The molecule has 0 unspecified atom stereocenters. The molecule has 0 radical (unpaired) electrons. The first-order chi connectivity index (χ1) is 11.7. The van der Waals surface area contributed by atoms with Crippen LogP contribution in [0.1, 0.15) is 5.56 Å². The van der Waals surface area contributed by atoms with Crippen LogP contribution < -0.4 is 11.3 Å². The SMILES string of the molecule is NNC(=O)CN(Cc1ccc(Cl)c(Cl)c1)S(=O)(=O)c1ccc(Br)cc1. The first-order valence-corrected chi connectivity index (χ1v) is 9.92. The van der Waals surface area contributed by atoms with E-state index in [0.29, 0.717) is 15.6 Å². The number of carbonyl (C=O) groups is 1. The molecule has 6 nitrogen and oxygen atoms in total. The Balaban J connectivity index is 2.38. The molecule has 25 heavy (non-hydrogen) atoms. The lowest BCUT2D eigenvalue weighted by molar-refractivity contribution is -0.121. The lowest BCUT2D eigenvalue weighted by atomic mass is 10.2. The largest absolute Gasteiger partial charge is 0.293 e. The summed E-state index contributed by atoms with van der Waals surface area (Å²) in [6.07, 6.45) is 0. The van der Waals surface area contributed by atoms with Crippen molar-refractivity contribution >= 4 is 55.1 Å². The van der Waals surface area contributed by atoms with Crippen molar-refractivity contribution in [1.29, 1.82) is 0 Å². The summed E-state index contributed by atoms with van der Waals surface area (Å²) in [7, 11) is -3.92. The maximum atomic E-state index is 12.9. The van der Waals surface area contributed by atoms with Gasteiger partial charge in [0.15, 0.2) is 0 Å². The van der Waals surface area contributed by atoms with E-state index in [1.165, 1.54) is 12.1 Å². The molecular formula is C15H14BrCl2N3O3S. The average Bonchev–Trinajstić information content (AvgIpc) is 2.57. The zero-order chi connectivity index (χ0) is 18.6. The topological polar surface area (TPSA) is 92.5 Å². The molecule has 0 aliphatic heterocycles. The van der Waals surface area contributed by atoms with Crippen LogP contribution in [-0.4, -0.2) is 25.2 Å². The van der Waals surface area contributed by atoms with Gasteiger partial charge in [-0.3, -0.25) is 10.2 Å². The van der Waals surface area contributed by atoms with Gasteiger partial charge in [-0.2, -0.15) is 4.31 Å². The van der Waals surface area contributed by atoms with Gasteiger partial charge in [-0.1, -0.05) is 45.2 Å². The summed E-state index contributed by atoms with van der Waals surface area (Å²) < 4.78 is 27.5. The molecule has 2 aromatic carbocycles. The Morgan fingerprint density at radius 1 is 1.12 bits per heavy atom. The van der Waals surface area contributed by atoms with Gasteiger partial charge in [-0.05, 0) is 42.0 Å². The molecule has 10 heteroatoms. The van der Waals surface area contributed by atoms with Crippen LogP contribution >= 0.6 is 39.1 Å². The number of hydrogen-bond acceptors (Lipinski definition) is 4. The summed E-state index contributed by atoms with van der Waals surface area (Å²) in [5, 5.41) is 0.649. The number of sulfonamides is 1. The van der Waals surface area contributed by atoms with Crippen molar-refractivity contribution in [3.63, 3.8) is 0 Å². The van der Waals surface area contributed by atoms with E-state index in [9.17, 15) is 13.2 Å². The number of nitrogens with two attached hydrogens (primary N) is 1. The highest BCUT2D eigenvalue weighted by Crippen LogP contribution is 2.25. The van der Waals surface area contributed by atoms with E-state index in [1.807, 2.05) is 5.43 Å². The fraction of sp³-hybridized carbons (Fsp3) is 0.133. The van der Waals surface area contributed by atoms with E-state index in [1.54, 1.807) is 30.3 Å². The van der Waals surface area contributed by atoms with Gasteiger partial charge in [-0.25, -0.2) is 14.3 Å². The van der Waals surface area contributed by atoms with Gasteiger partial charge in [0.2, 0.25) is 15.9 Å². The second-order valence-electron chi connectivity index (χ2n) is 5.04. The van der Waals surface area contributed by atoms with Gasteiger partial charge < -0.3 is 0 Å². The van der Waals surface area contributed by atoms with Crippen LogP contribution in [-0.2, 0) is 21.4 Å². The van der Waals surface area contributed by atoms with Crippen molar-refractivity contribution < 1.29 is 13.2 Å². The van der Waals surface area contributed by atoms with Crippen molar-refractivity contribution in [2.24, 2.45) is 5.84 Å². The molecular weight excluding hydrogens is 453 g/mol. The molecule has 1 amide bonds. The Morgan fingerprint density at radius 2 is 1.76 bits per heavy atom. The smallest absolute Gasteiger partial charge is 0.249 e. The highest BCUT2D eigenvalue weighted by atomic mass is 79.9. The maximum absolute atomic E-state index is 12.9. The molecule has 2 rings (SSSR count). The summed E-state index contributed by atoms with van der Waals surface area (Å²) in [5.74, 6) is 4.46. The Kier molecular flexibility index (Phi) is 6.84. The fourth-order valence-electron chi connectivity index (χ4n) is 2.03. The van der Waals surface area contributed by atoms with E-state index in [-0.39, 0.29) is 11.4 Å². The molecule has 0 aromatic heterocycles. The third kappa shape index (κ3) is 5.16. The zero-order valence-electron chi connectivity index (χ0n) is 12.7. The predicted octanol–water partition coefficient (Wildman–Crippen LogP) is 2.94. The number of nitrogens with zero attached hydrogens (tertiary/aromatic N) is 1. The van der Waals surface area contributed by atoms with Crippen LogP contribution in [0.3, 0.4) is 0 Å². The van der Waals surface area contributed by atoms with E-state index in [2.05, 4.69) is 15.9 Å². The summed E-state index contributed by atoms with van der Waals surface area (Å²) in [4.78, 5) is 11.7. The molecule has 134 valence electrons. The molecule has 0 aliphatic carbocycles. The van der Waals surface area contributed by atoms with Crippen LogP contribution in [0.15, 0.2) is 51.8 Å². The third-order valence-electron chi connectivity index (χ3n) is 3.28. The molecule has 2 aromatic rings. The Bertz CT molecular complexity index is 876. The monoisotopic (exact) mass is 465 g/mol. The molecule has 0 heterocycles. The summed E-state index contributed by atoms with van der Waals surface area (Å²) in [5.41, 5.74) is 2.52. The second kappa shape index (κ2) is 8.48. The van der Waals surface area contributed by atoms with Crippen LogP contribution in [0.2, 0.25) is 10.0 Å². The number of benzene rings is 2. The van der Waals surface area contributed by atoms with E-state index >= 15 is 0 Å². The normalized spacial score (nSPS) is 11.6. The fourth-order valence-corrected chi connectivity index (χ4v) is 4.00. The quantitative estimate of drug-likeness (QED) is 0.389. The molecule has 0 bridgehead atoms. The number of halogens is 3. The number of rotatable bonds is 6. The van der Waals surface area contributed by atoms with Crippen molar-refractivity contribution in [1.82, 2.24) is 9.73 Å². The molecule has 3 N–H and O–H groups in total. The van der Waals surface area contributed by atoms with Gasteiger partial charge in [0.25, 0.3) is 0 Å². The number of hydrazine groups is 1. The predicted molar refractivity (Wildman–Crippen MR) is 101 cm³/mol. The number of carbonyl (C=O) groups excluding carboxylic acids is 1. The number of hydrogen-bond donors (Lipinski definition) is 2. The Morgan fingerprint density at radius 3 is 2.32 bits per heavy atom. The van der Waals surface area contributed by atoms with Crippen molar-refractivity contribution in [3.05, 3.63) is 62.5 Å². The third-order valence-corrected chi connectivity index (χ3v) is 6.35. The molecule has 0 saturated carbocycles. The Labute approximate surface area is 164 Å². The van der Waals surface area contributed by atoms with E-state index < -0.39 is 22.5 Å². The van der Waals surface area contributed by atoms with Gasteiger partial charge >= 0.3 is 0 Å². The van der Waals surface area contributed by atoms with E-state index in [0.717, 1.165) is 8.78 Å². The minimum absolute atomic E-state index is 0.0561. The number of nitrogens with one attached hydrogen (secondary N) is 1. The standard InChI is InChI=1S/C15H14BrCl2N3O3S/c16-11-2-4-12(5-3-11)25(23,24)21(9-15(22)20-19)8-10-1-6-13(17)14(18)7-10/h1-7H,8-9,19H2,(H,20,22). The van der Waals surface area contributed by atoms with Crippen molar-refractivity contribution in [2.45, 2.75) is 11.4 Å². The molecule has 0 fully saturated rings. The van der Waals surface area contributed by atoms with Gasteiger partial charge in [0.1, 0.15) is 0 Å². The van der Waals surface area contributed by atoms with E-state index in [4.69, 9.17) is 29.0 Å². The lowest BCUT2D eigenvalue weighted by Gasteiger charge is -2.21. The Hall–Kier alpha value is -1.16. The van der Waals surface area contributed by atoms with Gasteiger partial charge in [0.05, 0.1) is 21.5 Å². The van der Waals surface area contributed by atoms with Crippen LogP contribution in [0.4, 0.5) is 0 Å². The van der Waals surface area contributed by atoms with Crippen LogP contribution in [0, 0.1) is 0 Å². The second-order valence-corrected chi connectivity index (χ2v) is 8.71. The highest BCUT2D eigenvalue weighted by Gasteiger charge is 2.27. The molecule has 0 spiro atoms.